The number of nitrogens with zero attached hydrogens (tertiary/aromatic N) is 1. The number of unbranched alkanes of at least 4 members (excludes halogenated alkanes) is 15. The highest BCUT2D eigenvalue weighted by molar-refractivity contribution is 5.20. The highest BCUT2D eigenvalue weighted by atomic mass is 35.5. The molecule has 0 saturated carbocycles. The molecule has 1 aromatic carbocycles. The fraction of sp³-hybridized carbons (Fsp3) is 0.786. The van der Waals surface area contributed by atoms with Crippen molar-refractivity contribution in [2.24, 2.45) is 0 Å². The quantitative estimate of drug-likeness (QED) is 0.179. The Morgan fingerprint density at radius 3 is 1.45 bits per heavy atom. The van der Waals surface area contributed by atoms with Gasteiger partial charge in [-0.15, -0.1) is 0 Å². The third kappa shape index (κ3) is 19.7. The molecular weight excluding hydrogens is 402 g/mol. The molecule has 3 heteroatoms. The van der Waals surface area contributed by atoms with Crippen LogP contribution in [0.2, 0.25) is 0 Å². The minimum absolute atomic E-state index is 0. The molecule has 0 N–H and O–H groups in total. The van der Waals surface area contributed by atoms with E-state index in [1.54, 1.807) is 0 Å². The van der Waals surface area contributed by atoms with Crippen molar-refractivity contribution in [3.8, 4) is 5.75 Å². The van der Waals surface area contributed by atoms with Crippen LogP contribution in [0.25, 0.3) is 0 Å². The van der Waals surface area contributed by atoms with Crippen LogP contribution in [0.5, 0.6) is 5.75 Å². The average molecular weight is 454 g/mol. The van der Waals surface area contributed by atoms with Gasteiger partial charge in [0.2, 0.25) is 0 Å². The van der Waals surface area contributed by atoms with Gasteiger partial charge in [0.05, 0.1) is 20.6 Å². The second-order valence-corrected chi connectivity index (χ2v) is 9.85. The minimum Gasteiger partial charge on any atom is -1.00 e. The zero-order valence-corrected chi connectivity index (χ0v) is 21.8. The molecule has 0 bridgehead atoms. The van der Waals surface area contributed by atoms with E-state index in [1.807, 2.05) is 30.3 Å². The number of hydrogen-bond acceptors (Lipinski definition) is 1. The summed E-state index contributed by atoms with van der Waals surface area (Å²) < 4.78 is 6.92. The van der Waals surface area contributed by atoms with Gasteiger partial charge < -0.3 is 21.6 Å². The zero-order valence-electron chi connectivity index (χ0n) is 21.1. The number of rotatable bonds is 21. The number of benzene rings is 1. The second kappa shape index (κ2) is 21.1. The Labute approximate surface area is 201 Å². The SMILES string of the molecule is CCCCCCCCCCCCCCCCCC[N+](C)(C)CCOc1ccccc1.[Cl-]. The van der Waals surface area contributed by atoms with E-state index in [0.29, 0.717) is 0 Å². The number of para-hydroxylation sites is 1. The molecule has 0 spiro atoms. The summed E-state index contributed by atoms with van der Waals surface area (Å²) in [5.41, 5.74) is 0. The zero-order chi connectivity index (χ0) is 21.8. The van der Waals surface area contributed by atoms with Gasteiger partial charge in [-0.2, -0.15) is 0 Å². The number of halogens is 1. The monoisotopic (exact) mass is 453 g/mol. The van der Waals surface area contributed by atoms with E-state index in [2.05, 4.69) is 21.0 Å². The fourth-order valence-electron chi connectivity index (χ4n) is 4.13. The highest BCUT2D eigenvalue weighted by Crippen LogP contribution is 2.14. The van der Waals surface area contributed by atoms with Crippen molar-refractivity contribution in [2.45, 2.75) is 110 Å². The van der Waals surface area contributed by atoms with Gasteiger partial charge in [-0.1, -0.05) is 115 Å². The molecule has 182 valence electrons. The summed E-state index contributed by atoms with van der Waals surface area (Å²) in [6.45, 7) is 5.44. The molecule has 0 aromatic heterocycles. The van der Waals surface area contributed by atoms with E-state index >= 15 is 0 Å². The molecule has 0 heterocycles. The normalized spacial score (nSPS) is 11.3. The largest absolute Gasteiger partial charge is 1.00 e. The lowest BCUT2D eigenvalue weighted by Gasteiger charge is -2.29. The first kappa shape index (κ1) is 30.3. The van der Waals surface area contributed by atoms with Crippen molar-refractivity contribution in [3.05, 3.63) is 30.3 Å². The molecule has 0 radical (unpaired) electrons. The number of quaternary nitrogens is 1. The van der Waals surface area contributed by atoms with E-state index in [9.17, 15) is 0 Å². The van der Waals surface area contributed by atoms with E-state index in [1.165, 1.54) is 109 Å². The number of ether oxygens (including phenoxy) is 1. The minimum atomic E-state index is 0. The fourth-order valence-corrected chi connectivity index (χ4v) is 4.13. The molecule has 0 fully saturated rings. The van der Waals surface area contributed by atoms with E-state index in [4.69, 9.17) is 4.74 Å². The third-order valence-electron chi connectivity index (χ3n) is 6.33. The van der Waals surface area contributed by atoms with Gasteiger partial charge in [-0.25, -0.2) is 0 Å². The van der Waals surface area contributed by atoms with Gasteiger partial charge in [0.25, 0.3) is 0 Å². The second-order valence-electron chi connectivity index (χ2n) is 9.85. The van der Waals surface area contributed by atoms with Crippen LogP contribution in [-0.4, -0.2) is 38.3 Å². The van der Waals surface area contributed by atoms with Crippen LogP contribution in [0, 0.1) is 0 Å². The molecule has 0 aliphatic carbocycles. The summed E-state index contributed by atoms with van der Waals surface area (Å²) in [7, 11) is 4.67. The molecule has 1 aromatic rings. The summed E-state index contributed by atoms with van der Waals surface area (Å²) >= 11 is 0. The van der Waals surface area contributed by atoms with Crippen LogP contribution in [0.1, 0.15) is 110 Å². The Morgan fingerprint density at radius 1 is 0.581 bits per heavy atom. The van der Waals surface area contributed by atoms with Crippen molar-refractivity contribution >= 4 is 0 Å². The Kier molecular flexibility index (Phi) is 20.6. The third-order valence-corrected chi connectivity index (χ3v) is 6.33. The van der Waals surface area contributed by atoms with Crippen LogP contribution >= 0.6 is 0 Å². The average Bonchev–Trinajstić information content (AvgIpc) is 2.74. The van der Waals surface area contributed by atoms with Crippen LogP contribution in [0.4, 0.5) is 0 Å². The molecule has 0 aliphatic rings. The molecule has 31 heavy (non-hydrogen) atoms. The summed E-state index contributed by atoms with van der Waals surface area (Å²) in [5.74, 6) is 0.986. The molecule has 0 unspecified atom stereocenters. The maximum absolute atomic E-state index is 5.86. The standard InChI is InChI=1S/C28H52NO.ClH/c1-4-5-6-7-8-9-10-11-12-13-14-15-16-17-18-22-25-29(2,3)26-27-30-28-23-20-19-21-24-28;/h19-21,23-24H,4-18,22,25-27H2,1-3H3;1H/q+1;/p-1. The van der Waals surface area contributed by atoms with Crippen LogP contribution in [0.3, 0.4) is 0 Å². The topological polar surface area (TPSA) is 9.23 Å². The molecule has 0 aliphatic heterocycles. The lowest BCUT2D eigenvalue weighted by Crippen LogP contribution is -3.00. The molecule has 0 amide bonds. The summed E-state index contributed by atoms with van der Waals surface area (Å²) in [4.78, 5) is 0. The Morgan fingerprint density at radius 2 is 1.00 bits per heavy atom. The number of hydrogen-bond donors (Lipinski definition) is 0. The van der Waals surface area contributed by atoms with Crippen LogP contribution in [0.15, 0.2) is 30.3 Å². The van der Waals surface area contributed by atoms with E-state index in [0.717, 1.165) is 23.4 Å². The predicted octanol–water partition coefficient (Wildman–Crippen LogP) is 5.41. The summed E-state index contributed by atoms with van der Waals surface area (Å²) in [5, 5.41) is 0. The Bertz CT molecular complexity index is 477. The van der Waals surface area contributed by atoms with E-state index < -0.39 is 0 Å². The smallest absolute Gasteiger partial charge is 0.137 e. The highest BCUT2D eigenvalue weighted by Gasteiger charge is 2.14. The first-order valence-corrected chi connectivity index (χ1v) is 13.1. The predicted molar refractivity (Wildman–Crippen MR) is 133 cm³/mol. The number of likely N-dealkylation sites (N-methyl/N-ethyl adjacent to an activating group) is 1. The van der Waals surface area contributed by atoms with Crippen molar-refractivity contribution in [3.63, 3.8) is 0 Å². The van der Waals surface area contributed by atoms with Crippen molar-refractivity contribution in [2.75, 3.05) is 33.8 Å². The van der Waals surface area contributed by atoms with Crippen molar-refractivity contribution in [1.29, 1.82) is 0 Å². The Hall–Kier alpha value is -0.730. The van der Waals surface area contributed by atoms with Gasteiger partial charge in [0.1, 0.15) is 18.9 Å². The maximum Gasteiger partial charge on any atom is 0.137 e. The van der Waals surface area contributed by atoms with E-state index in [-0.39, 0.29) is 12.4 Å². The van der Waals surface area contributed by atoms with Crippen molar-refractivity contribution < 1.29 is 21.6 Å². The van der Waals surface area contributed by atoms with Crippen LogP contribution in [-0.2, 0) is 0 Å². The van der Waals surface area contributed by atoms with Gasteiger partial charge in [-0.3, -0.25) is 0 Å². The summed E-state index contributed by atoms with van der Waals surface area (Å²) in [6.07, 6.45) is 23.0. The van der Waals surface area contributed by atoms with Crippen molar-refractivity contribution in [1.82, 2.24) is 0 Å². The molecule has 1 rings (SSSR count). The van der Waals surface area contributed by atoms with Gasteiger partial charge in [0, 0.05) is 0 Å². The maximum atomic E-state index is 5.86. The lowest BCUT2D eigenvalue weighted by molar-refractivity contribution is -0.890. The lowest BCUT2D eigenvalue weighted by atomic mass is 10.0. The first-order chi connectivity index (χ1) is 14.6. The molecule has 0 saturated heterocycles. The van der Waals surface area contributed by atoms with Gasteiger partial charge in [0.15, 0.2) is 0 Å². The Balaban J connectivity index is 0.00000900. The van der Waals surface area contributed by atoms with Gasteiger partial charge in [-0.05, 0) is 25.0 Å². The summed E-state index contributed by atoms with van der Waals surface area (Å²) in [6, 6.07) is 10.2. The molecular formula is C28H52ClNO. The molecule has 0 atom stereocenters. The van der Waals surface area contributed by atoms with Crippen LogP contribution < -0.4 is 17.1 Å². The van der Waals surface area contributed by atoms with Gasteiger partial charge >= 0.3 is 0 Å². The molecule has 2 nitrogen and oxygen atoms in total. The first-order valence-electron chi connectivity index (χ1n) is 13.1.